The van der Waals surface area contributed by atoms with Gasteiger partial charge in [0.25, 0.3) is 0 Å². The van der Waals surface area contributed by atoms with Crippen molar-refractivity contribution in [3.8, 4) is 5.75 Å². The van der Waals surface area contributed by atoms with Crippen LogP contribution in [0.3, 0.4) is 0 Å². The van der Waals surface area contributed by atoms with Crippen molar-refractivity contribution in [2.24, 2.45) is 0 Å². The summed E-state index contributed by atoms with van der Waals surface area (Å²) >= 11 is 11.8. The molecule has 1 aliphatic rings. The Morgan fingerprint density at radius 1 is 1.30 bits per heavy atom. The van der Waals surface area contributed by atoms with E-state index in [0.717, 1.165) is 26.2 Å². The molecular weight excluding hydrogens is 323 g/mol. The monoisotopic (exact) mass is 338 g/mol. The molecule has 1 saturated heterocycles. The number of amides is 1. The lowest BCUT2D eigenvalue weighted by Gasteiger charge is -2.27. The van der Waals surface area contributed by atoms with Gasteiger partial charge in [-0.05, 0) is 18.2 Å². The van der Waals surface area contributed by atoms with Gasteiger partial charge in [-0.15, -0.1) is 12.4 Å². The third-order valence-corrected chi connectivity index (χ3v) is 3.47. The first kappa shape index (κ1) is 17.4. The van der Waals surface area contributed by atoms with E-state index in [0.29, 0.717) is 28.8 Å². The summed E-state index contributed by atoms with van der Waals surface area (Å²) in [7, 11) is 0. The second-order valence-corrected chi connectivity index (χ2v) is 5.15. The molecule has 1 amide bonds. The highest BCUT2D eigenvalue weighted by molar-refractivity contribution is 6.35. The molecule has 1 aromatic rings. The number of benzene rings is 1. The Bertz CT molecular complexity index is 451. The van der Waals surface area contributed by atoms with Gasteiger partial charge in [-0.25, -0.2) is 0 Å². The third-order valence-electron chi connectivity index (χ3n) is 2.94. The van der Waals surface area contributed by atoms with Crippen LogP contribution in [-0.2, 0) is 4.79 Å². The van der Waals surface area contributed by atoms with Crippen molar-refractivity contribution in [3.63, 3.8) is 0 Å². The lowest BCUT2D eigenvalue weighted by Crippen LogP contribution is -2.46. The second-order valence-electron chi connectivity index (χ2n) is 4.30. The highest BCUT2D eigenvalue weighted by Gasteiger charge is 2.15. The van der Waals surface area contributed by atoms with Crippen LogP contribution < -0.4 is 10.1 Å². The van der Waals surface area contributed by atoms with Crippen LogP contribution in [0.25, 0.3) is 0 Å². The third kappa shape index (κ3) is 5.02. The van der Waals surface area contributed by atoms with Gasteiger partial charge in [0.15, 0.2) is 0 Å². The molecule has 0 saturated carbocycles. The predicted octanol–water partition coefficient (Wildman–Crippen LogP) is 2.62. The summed E-state index contributed by atoms with van der Waals surface area (Å²) in [5.41, 5.74) is 0. The van der Waals surface area contributed by atoms with E-state index in [1.165, 1.54) is 0 Å². The van der Waals surface area contributed by atoms with Crippen molar-refractivity contribution < 1.29 is 9.53 Å². The molecule has 0 bridgehead atoms. The summed E-state index contributed by atoms with van der Waals surface area (Å²) in [5, 5.41) is 4.23. The van der Waals surface area contributed by atoms with Crippen LogP contribution in [0.1, 0.15) is 6.42 Å². The predicted molar refractivity (Wildman–Crippen MR) is 83.3 cm³/mol. The van der Waals surface area contributed by atoms with Gasteiger partial charge in [-0.3, -0.25) is 4.79 Å². The number of carbonyl (C=O) groups is 1. The average Bonchev–Trinajstić information content (AvgIpc) is 2.42. The van der Waals surface area contributed by atoms with E-state index in [1.54, 1.807) is 18.2 Å². The number of ether oxygens (including phenoxy) is 1. The number of nitrogens with one attached hydrogen (secondary N) is 1. The molecule has 7 heteroatoms. The molecule has 20 heavy (non-hydrogen) atoms. The normalized spacial score (nSPS) is 14.6. The van der Waals surface area contributed by atoms with E-state index in [9.17, 15) is 4.79 Å². The zero-order valence-corrected chi connectivity index (χ0v) is 13.2. The highest BCUT2D eigenvalue weighted by Crippen LogP contribution is 2.27. The van der Waals surface area contributed by atoms with Crippen LogP contribution in [0.4, 0.5) is 0 Å². The number of hydrogen-bond acceptors (Lipinski definition) is 3. The van der Waals surface area contributed by atoms with E-state index in [1.807, 2.05) is 4.90 Å². The number of carbonyl (C=O) groups excluding carboxylic acids is 1. The van der Waals surface area contributed by atoms with Crippen molar-refractivity contribution in [1.29, 1.82) is 0 Å². The zero-order valence-electron chi connectivity index (χ0n) is 10.9. The zero-order chi connectivity index (χ0) is 13.7. The Morgan fingerprint density at radius 2 is 2.00 bits per heavy atom. The molecule has 1 fully saturated rings. The first-order valence-corrected chi connectivity index (χ1v) is 6.99. The minimum atomic E-state index is 0. The summed E-state index contributed by atoms with van der Waals surface area (Å²) in [4.78, 5) is 13.7. The fourth-order valence-electron chi connectivity index (χ4n) is 1.91. The summed E-state index contributed by atoms with van der Waals surface area (Å²) in [6.45, 7) is 3.57. The van der Waals surface area contributed by atoms with E-state index in [-0.39, 0.29) is 18.3 Å². The molecule has 112 valence electrons. The van der Waals surface area contributed by atoms with Gasteiger partial charge in [0.1, 0.15) is 5.75 Å². The molecule has 1 aliphatic heterocycles. The summed E-state index contributed by atoms with van der Waals surface area (Å²) in [6.07, 6.45) is 0.360. The van der Waals surface area contributed by atoms with Crippen LogP contribution >= 0.6 is 35.6 Å². The van der Waals surface area contributed by atoms with Gasteiger partial charge in [0, 0.05) is 31.2 Å². The second kappa shape index (κ2) is 8.57. The Hall–Kier alpha value is -0.680. The Labute approximate surface area is 134 Å². The van der Waals surface area contributed by atoms with Crippen LogP contribution in [0, 0.1) is 0 Å². The first-order valence-electron chi connectivity index (χ1n) is 6.23. The topological polar surface area (TPSA) is 41.6 Å². The first-order chi connectivity index (χ1) is 9.16. The molecule has 0 radical (unpaired) electrons. The fraction of sp³-hybridized carbons (Fsp3) is 0.462. The average molecular weight is 340 g/mol. The van der Waals surface area contributed by atoms with E-state index in [4.69, 9.17) is 27.9 Å². The maximum absolute atomic E-state index is 11.9. The molecule has 0 atom stereocenters. The Kier molecular flexibility index (Phi) is 7.45. The molecule has 1 heterocycles. The van der Waals surface area contributed by atoms with Crippen molar-refractivity contribution in [1.82, 2.24) is 10.2 Å². The minimum Gasteiger partial charge on any atom is -0.491 e. The van der Waals surface area contributed by atoms with E-state index >= 15 is 0 Å². The lowest BCUT2D eigenvalue weighted by atomic mass is 10.3. The van der Waals surface area contributed by atoms with Gasteiger partial charge in [0.05, 0.1) is 18.1 Å². The van der Waals surface area contributed by atoms with Gasteiger partial charge < -0.3 is 15.0 Å². The van der Waals surface area contributed by atoms with Crippen LogP contribution in [-0.4, -0.2) is 43.6 Å². The van der Waals surface area contributed by atoms with Crippen LogP contribution in [0.2, 0.25) is 10.0 Å². The number of hydrogen-bond donors (Lipinski definition) is 1. The Balaban J connectivity index is 0.00000200. The van der Waals surface area contributed by atoms with Crippen molar-refractivity contribution in [2.75, 3.05) is 32.8 Å². The molecular formula is C13H17Cl3N2O2. The lowest BCUT2D eigenvalue weighted by molar-refractivity contribution is -0.132. The molecule has 1 N–H and O–H groups in total. The molecule has 0 aliphatic carbocycles. The summed E-state index contributed by atoms with van der Waals surface area (Å²) in [6, 6.07) is 5.04. The van der Waals surface area contributed by atoms with E-state index in [2.05, 4.69) is 5.32 Å². The van der Waals surface area contributed by atoms with Crippen molar-refractivity contribution in [2.45, 2.75) is 6.42 Å². The molecule has 0 aromatic heterocycles. The highest BCUT2D eigenvalue weighted by atomic mass is 35.5. The summed E-state index contributed by atoms with van der Waals surface area (Å²) < 4.78 is 5.50. The quantitative estimate of drug-likeness (QED) is 0.917. The van der Waals surface area contributed by atoms with Gasteiger partial charge in [-0.2, -0.15) is 0 Å². The number of rotatable bonds is 4. The standard InChI is InChI=1S/C13H16Cl2N2O2.ClH/c14-10-1-2-12(11(15)9-10)19-8-3-13(18)17-6-4-16-5-7-17;/h1-2,9,16H,3-8H2;1H. The van der Waals surface area contributed by atoms with Crippen LogP contribution in [0.5, 0.6) is 5.75 Å². The fourth-order valence-corrected chi connectivity index (χ4v) is 2.38. The molecule has 4 nitrogen and oxygen atoms in total. The van der Waals surface area contributed by atoms with Gasteiger partial charge in [0.2, 0.25) is 5.91 Å². The van der Waals surface area contributed by atoms with E-state index < -0.39 is 0 Å². The largest absolute Gasteiger partial charge is 0.491 e. The van der Waals surface area contributed by atoms with Crippen LogP contribution in [0.15, 0.2) is 18.2 Å². The van der Waals surface area contributed by atoms with Crippen molar-refractivity contribution >= 4 is 41.5 Å². The number of halogens is 3. The maximum Gasteiger partial charge on any atom is 0.226 e. The summed E-state index contributed by atoms with van der Waals surface area (Å²) in [5.74, 6) is 0.672. The smallest absolute Gasteiger partial charge is 0.226 e. The van der Waals surface area contributed by atoms with Gasteiger partial charge in [-0.1, -0.05) is 23.2 Å². The molecule has 0 unspecified atom stereocenters. The Morgan fingerprint density at radius 3 is 2.65 bits per heavy atom. The SMILES string of the molecule is Cl.O=C(CCOc1ccc(Cl)cc1Cl)N1CCNCC1. The number of piperazine rings is 1. The maximum atomic E-state index is 11.9. The number of nitrogens with zero attached hydrogens (tertiary/aromatic N) is 1. The molecule has 0 spiro atoms. The minimum absolute atomic E-state index is 0. The van der Waals surface area contributed by atoms with Crippen molar-refractivity contribution in [3.05, 3.63) is 28.2 Å². The van der Waals surface area contributed by atoms with Gasteiger partial charge >= 0.3 is 0 Å². The molecule has 1 aromatic carbocycles. The molecule has 2 rings (SSSR count).